The van der Waals surface area contributed by atoms with Gasteiger partial charge in [0.2, 0.25) is 5.91 Å². The van der Waals surface area contributed by atoms with E-state index in [2.05, 4.69) is 9.97 Å². The molecule has 0 aliphatic rings. The van der Waals surface area contributed by atoms with Gasteiger partial charge in [-0.15, -0.1) is 0 Å². The molecule has 0 fully saturated rings. The van der Waals surface area contributed by atoms with Gasteiger partial charge in [0.05, 0.1) is 12.3 Å². The van der Waals surface area contributed by atoms with Crippen molar-refractivity contribution < 1.29 is 9.53 Å². The summed E-state index contributed by atoms with van der Waals surface area (Å²) in [5.41, 5.74) is 6.67. The zero-order valence-electron chi connectivity index (χ0n) is 10.3. The number of H-pyrrole nitrogens is 1. The fourth-order valence-corrected chi connectivity index (χ4v) is 1.65. The van der Waals surface area contributed by atoms with E-state index in [0.29, 0.717) is 5.75 Å². The molecular weight excluding hydrogens is 230 g/mol. The van der Waals surface area contributed by atoms with Crippen LogP contribution in [0.1, 0.15) is 19.4 Å². The van der Waals surface area contributed by atoms with Gasteiger partial charge in [0.1, 0.15) is 11.4 Å². The highest BCUT2D eigenvalue weighted by Crippen LogP contribution is 2.23. The lowest BCUT2D eigenvalue weighted by Gasteiger charge is -2.08. The number of pyridine rings is 1. The number of ether oxygens (including phenoxy) is 1. The lowest BCUT2D eigenvalue weighted by Crippen LogP contribution is -2.05. The third-order valence-corrected chi connectivity index (χ3v) is 2.34. The second-order valence-corrected chi connectivity index (χ2v) is 4.21. The van der Waals surface area contributed by atoms with Gasteiger partial charge in [-0.1, -0.05) is 0 Å². The number of amides is 1. The van der Waals surface area contributed by atoms with Gasteiger partial charge in [-0.3, -0.25) is 4.79 Å². The molecule has 0 unspecified atom stereocenters. The van der Waals surface area contributed by atoms with Crippen LogP contribution in [-0.4, -0.2) is 22.0 Å². The minimum Gasteiger partial charge on any atom is -0.489 e. The summed E-state index contributed by atoms with van der Waals surface area (Å²) >= 11 is 0. The Morgan fingerprint density at radius 1 is 1.56 bits per heavy atom. The van der Waals surface area contributed by atoms with Gasteiger partial charge in [-0.25, -0.2) is 4.98 Å². The predicted octanol–water partition coefficient (Wildman–Crippen LogP) is 1.85. The Labute approximate surface area is 105 Å². The Morgan fingerprint density at radius 3 is 3.00 bits per heavy atom. The van der Waals surface area contributed by atoms with Crippen molar-refractivity contribution >= 4 is 23.0 Å². The highest BCUT2D eigenvalue weighted by Gasteiger charge is 2.05. The van der Waals surface area contributed by atoms with Crippen LogP contribution < -0.4 is 10.5 Å². The van der Waals surface area contributed by atoms with E-state index in [4.69, 9.17) is 10.5 Å². The molecule has 2 aromatic heterocycles. The van der Waals surface area contributed by atoms with Crippen LogP contribution in [0.3, 0.4) is 0 Å². The number of rotatable bonds is 4. The number of fused-ring (bicyclic) bond motifs is 1. The molecule has 94 valence electrons. The number of nitrogens with one attached hydrogen (secondary N) is 1. The molecule has 5 heteroatoms. The van der Waals surface area contributed by atoms with E-state index in [-0.39, 0.29) is 6.10 Å². The second-order valence-electron chi connectivity index (χ2n) is 4.21. The summed E-state index contributed by atoms with van der Waals surface area (Å²) in [6.45, 7) is 3.91. The molecule has 0 aliphatic heterocycles. The van der Waals surface area contributed by atoms with Crippen LogP contribution in [-0.2, 0) is 4.79 Å². The second kappa shape index (κ2) is 4.91. The van der Waals surface area contributed by atoms with Crippen molar-refractivity contribution in [3.8, 4) is 5.75 Å². The van der Waals surface area contributed by atoms with Crippen molar-refractivity contribution in [2.45, 2.75) is 20.0 Å². The largest absolute Gasteiger partial charge is 0.489 e. The van der Waals surface area contributed by atoms with E-state index >= 15 is 0 Å². The minimum absolute atomic E-state index is 0.0906. The monoisotopic (exact) mass is 245 g/mol. The third-order valence-electron chi connectivity index (χ3n) is 2.34. The molecule has 0 radical (unpaired) electrons. The van der Waals surface area contributed by atoms with Crippen LogP contribution in [0.5, 0.6) is 5.75 Å². The normalized spacial score (nSPS) is 11.5. The maximum absolute atomic E-state index is 10.7. The smallest absolute Gasteiger partial charge is 0.241 e. The van der Waals surface area contributed by atoms with E-state index in [1.54, 1.807) is 18.5 Å². The van der Waals surface area contributed by atoms with Crippen molar-refractivity contribution in [3.63, 3.8) is 0 Å². The van der Waals surface area contributed by atoms with Crippen molar-refractivity contribution in [1.82, 2.24) is 9.97 Å². The van der Waals surface area contributed by atoms with Crippen molar-refractivity contribution in [2.24, 2.45) is 5.73 Å². The Bertz CT molecular complexity index is 599. The molecule has 5 nitrogen and oxygen atoms in total. The summed E-state index contributed by atoms with van der Waals surface area (Å²) in [5.74, 6) is 0.220. The van der Waals surface area contributed by atoms with Gasteiger partial charge < -0.3 is 15.5 Å². The van der Waals surface area contributed by atoms with Crippen LogP contribution in [0, 0.1) is 0 Å². The topological polar surface area (TPSA) is 81.0 Å². The molecule has 2 heterocycles. The molecule has 0 atom stereocenters. The molecule has 0 aliphatic carbocycles. The molecule has 18 heavy (non-hydrogen) atoms. The maximum Gasteiger partial charge on any atom is 0.241 e. The van der Waals surface area contributed by atoms with Crippen molar-refractivity contribution in [2.75, 3.05) is 0 Å². The van der Waals surface area contributed by atoms with Gasteiger partial charge in [0, 0.05) is 23.2 Å². The SMILES string of the molecule is CC(C)Oc1cnc2[nH]cc(C=CC(N)=O)c2c1. The van der Waals surface area contributed by atoms with E-state index in [9.17, 15) is 4.79 Å². The maximum atomic E-state index is 10.7. The lowest BCUT2D eigenvalue weighted by molar-refractivity contribution is -0.113. The molecular formula is C13H15N3O2. The summed E-state index contributed by atoms with van der Waals surface area (Å²) < 4.78 is 5.58. The minimum atomic E-state index is -0.480. The van der Waals surface area contributed by atoms with Gasteiger partial charge in [0.15, 0.2) is 0 Å². The highest BCUT2D eigenvalue weighted by molar-refractivity contribution is 5.94. The third kappa shape index (κ3) is 2.68. The number of aromatic nitrogens is 2. The van der Waals surface area contributed by atoms with E-state index in [1.165, 1.54) is 6.08 Å². The average Bonchev–Trinajstić information content (AvgIpc) is 2.68. The van der Waals surface area contributed by atoms with Crippen LogP contribution >= 0.6 is 0 Å². The van der Waals surface area contributed by atoms with Crippen LogP contribution in [0.25, 0.3) is 17.1 Å². The molecule has 0 aromatic carbocycles. The number of aromatic amines is 1. The quantitative estimate of drug-likeness (QED) is 0.806. The molecule has 2 rings (SSSR count). The number of hydrogen-bond donors (Lipinski definition) is 2. The number of carbonyl (C=O) groups is 1. The van der Waals surface area contributed by atoms with Gasteiger partial charge in [-0.2, -0.15) is 0 Å². The molecule has 0 bridgehead atoms. The number of nitrogens with zero attached hydrogens (tertiary/aromatic N) is 1. The van der Waals surface area contributed by atoms with E-state index in [1.807, 2.05) is 19.9 Å². The zero-order valence-corrected chi connectivity index (χ0v) is 10.3. The molecule has 3 N–H and O–H groups in total. The van der Waals surface area contributed by atoms with Crippen LogP contribution in [0.2, 0.25) is 0 Å². The first-order valence-corrected chi connectivity index (χ1v) is 5.67. The number of carbonyl (C=O) groups excluding carboxylic acids is 1. The van der Waals surface area contributed by atoms with Crippen molar-refractivity contribution in [3.05, 3.63) is 30.1 Å². The Morgan fingerprint density at radius 2 is 2.33 bits per heavy atom. The highest BCUT2D eigenvalue weighted by atomic mass is 16.5. The Balaban J connectivity index is 2.40. The number of nitrogens with two attached hydrogens (primary N) is 1. The molecule has 0 saturated heterocycles. The standard InChI is InChI=1S/C13H15N3O2/c1-8(2)18-10-5-11-9(3-4-12(14)17)6-15-13(11)16-7-10/h3-8H,1-2H3,(H2,14,17)(H,15,16). The summed E-state index contributed by atoms with van der Waals surface area (Å²) in [6.07, 6.45) is 6.50. The first-order chi connectivity index (χ1) is 8.56. The predicted molar refractivity (Wildman–Crippen MR) is 70.1 cm³/mol. The molecule has 0 saturated carbocycles. The number of primary amides is 1. The molecule has 0 spiro atoms. The molecule has 2 aromatic rings. The van der Waals surface area contributed by atoms with Gasteiger partial charge in [-0.05, 0) is 26.0 Å². The Hall–Kier alpha value is -2.30. The summed E-state index contributed by atoms with van der Waals surface area (Å²) in [4.78, 5) is 18.0. The Kier molecular flexibility index (Phi) is 3.32. The first-order valence-electron chi connectivity index (χ1n) is 5.67. The summed E-state index contributed by atoms with van der Waals surface area (Å²) in [6, 6.07) is 1.89. The number of hydrogen-bond acceptors (Lipinski definition) is 3. The van der Waals surface area contributed by atoms with Gasteiger partial charge >= 0.3 is 0 Å². The van der Waals surface area contributed by atoms with Crippen molar-refractivity contribution in [1.29, 1.82) is 0 Å². The fraction of sp³-hybridized carbons (Fsp3) is 0.231. The van der Waals surface area contributed by atoms with Gasteiger partial charge in [0.25, 0.3) is 0 Å². The van der Waals surface area contributed by atoms with Crippen LogP contribution in [0.15, 0.2) is 24.5 Å². The van der Waals surface area contributed by atoms with E-state index < -0.39 is 5.91 Å². The van der Waals surface area contributed by atoms with Crippen LogP contribution in [0.4, 0.5) is 0 Å². The average molecular weight is 245 g/mol. The zero-order chi connectivity index (χ0) is 13.1. The van der Waals surface area contributed by atoms with E-state index in [0.717, 1.165) is 16.6 Å². The summed E-state index contributed by atoms with van der Waals surface area (Å²) in [5, 5.41) is 0.894. The molecule has 1 amide bonds. The lowest BCUT2D eigenvalue weighted by atomic mass is 10.2. The summed E-state index contributed by atoms with van der Waals surface area (Å²) in [7, 11) is 0. The first kappa shape index (κ1) is 12.2. The fourth-order valence-electron chi connectivity index (χ4n) is 1.65.